The maximum atomic E-state index is 11.8. The Kier molecular flexibility index (Phi) is 6.15. The van der Waals surface area contributed by atoms with Crippen molar-refractivity contribution in [3.05, 3.63) is 28.2 Å². The number of carbonyl (C=O) groups excluding carboxylic acids is 1. The average molecular weight is 315 g/mol. The van der Waals surface area contributed by atoms with E-state index in [-0.39, 0.29) is 5.91 Å². The van der Waals surface area contributed by atoms with Crippen LogP contribution in [0.3, 0.4) is 0 Å². The number of hydrogen-bond acceptors (Lipinski definition) is 3. The second-order valence-electron chi connectivity index (χ2n) is 4.46. The van der Waals surface area contributed by atoms with E-state index >= 15 is 0 Å². The summed E-state index contributed by atoms with van der Waals surface area (Å²) in [5.41, 5.74) is 6.72. The zero-order chi connectivity index (χ0) is 13.5. The van der Waals surface area contributed by atoms with Gasteiger partial charge in [0, 0.05) is 23.3 Å². The summed E-state index contributed by atoms with van der Waals surface area (Å²) in [7, 11) is 0. The van der Waals surface area contributed by atoms with Crippen LogP contribution in [0.15, 0.2) is 22.7 Å². The predicted molar refractivity (Wildman–Crippen MR) is 76.5 cm³/mol. The molecule has 0 spiro atoms. The van der Waals surface area contributed by atoms with E-state index in [1.807, 2.05) is 0 Å². The van der Waals surface area contributed by atoms with Gasteiger partial charge in [0.2, 0.25) is 0 Å². The first-order valence-electron chi connectivity index (χ1n) is 5.91. The third-order valence-corrected chi connectivity index (χ3v) is 2.73. The molecular formula is C13H19BrN2O2. The van der Waals surface area contributed by atoms with Crippen LogP contribution in [0.5, 0.6) is 0 Å². The highest BCUT2D eigenvalue weighted by atomic mass is 79.9. The fraction of sp³-hybridized carbons (Fsp3) is 0.462. The van der Waals surface area contributed by atoms with E-state index in [9.17, 15) is 4.79 Å². The fourth-order valence-electron chi connectivity index (χ4n) is 1.39. The molecule has 0 aliphatic heterocycles. The number of carbonyl (C=O) groups is 1. The molecule has 0 radical (unpaired) electrons. The molecule has 0 bridgehead atoms. The van der Waals surface area contributed by atoms with Crippen molar-refractivity contribution < 1.29 is 9.53 Å². The molecule has 1 rings (SSSR count). The molecule has 0 saturated carbocycles. The molecule has 18 heavy (non-hydrogen) atoms. The Morgan fingerprint density at radius 1 is 1.50 bits per heavy atom. The quantitative estimate of drug-likeness (QED) is 0.626. The van der Waals surface area contributed by atoms with Gasteiger partial charge in [-0.15, -0.1) is 0 Å². The standard InChI is InChI=1S/C13H19BrN2O2/c1-9(2)8-18-6-5-16-13(17)11-4-3-10(14)7-12(11)15/h3-4,7,9H,5-6,8,15H2,1-2H3,(H,16,17). The number of nitrogen functional groups attached to an aromatic ring is 1. The van der Waals surface area contributed by atoms with Crippen molar-refractivity contribution in [2.75, 3.05) is 25.5 Å². The van der Waals surface area contributed by atoms with Crippen molar-refractivity contribution in [3.63, 3.8) is 0 Å². The zero-order valence-electron chi connectivity index (χ0n) is 10.7. The van der Waals surface area contributed by atoms with Gasteiger partial charge in [0.25, 0.3) is 5.91 Å². The van der Waals surface area contributed by atoms with Crippen molar-refractivity contribution in [1.82, 2.24) is 5.32 Å². The van der Waals surface area contributed by atoms with Gasteiger partial charge in [-0.2, -0.15) is 0 Å². The molecule has 0 fully saturated rings. The minimum atomic E-state index is -0.173. The fourth-order valence-corrected chi connectivity index (χ4v) is 1.77. The molecule has 0 aromatic heterocycles. The largest absolute Gasteiger partial charge is 0.398 e. The molecule has 1 aromatic rings. The van der Waals surface area contributed by atoms with Gasteiger partial charge >= 0.3 is 0 Å². The first kappa shape index (κ1) is 15.0. The molecule has 0 aliphatic carbocycles. The second kappa shape index (κ2) is 7.38. The van der Waals surface area contributed by atoms with Gasteiger partial charge in [-0.3, -0.25) is 4.79 Å². The van der Waals surface area contributed by atoms with E-state index in [1.54, 1.807) is 18.2 Å². The summed E-state index contributed by atoms with van der Waals surface area (Å²) in [6.45, 7) is 5.87. The van der Waals surface area contributed by atoms with Crippen LogP contribution < -0.4 is 11.1 Å². The third kappa shape index (κ3) is 5.06. The zero-order valence-corrected chi connectivity index (χ0v) is 12.3. The highest BCUT2D eigenvalue weighted by molar-refractivity contribution is 9.10. The van der Waals surface area contributed by atoms with Crippen LogP contribution in [0.25, 0.3) is 0 Å². The van der Waals surface area contributed by atoms with E-state index < -0.39 is 0 Å². The maximum absolute atomic E-state index is 11.8. The number of anilines is 1. The van der Waals surface area contributed by atoms with Crippen LogP contribution in [0, 0.1) is 5.92 Å². The molecule has 1 amide bonds. The van der Waals surface area contributed by atoms with Gasteiger partial charge in [-0.05, 0) is 24.1 Å². The van der Waals surface area contributed by atoms with E-state index in [2.05, 4.69) is 35.1 Å². The summed E-state index contributed by atoms with van der Waals surface area (Å²) in [6.07, 6.45) is 0. The molecule has 100 valence electrons. The van der Waals surface area contributed by atoms with Crippen molar-refractivity contribution in [2.24, 2.45) is 5.92 Å². The number of rotatable bonds is 6. The Labute approximate surface area is 116 Å². The lowest BCUT2D eigenvalue weighted by molar-refractivity contribution is 0.0887. The molecule has 1 aromatic carbocycles. The van der Waals surface area contributed by atoms with E-state index in [4.69, 9.17) is 10.5 Å². The maximum Gasteiger partial charge on any atom is 0.253 e. The van der Waals surface area contributed by atoms with Gasteiger partial charge in [-0.25, -0.2) is 0 Å². The number of nitrogens with two attached hydrogens (primary N) is 1. The van der Waals surface area contributed by atoms with Crippen molar-refractivity contribution >= 4 is 27.5 Å². The topological polar surface area (TPSA) is 64.3 Å². The van der Waals surface area contributed by atoms with Gasteiger partial charge in [-0.1, -0.05) is 29.8 Å². The second-order valence-corrected chi connectivity index (χ2v) is 5.37. The summed E-state index contributed by atoms with van der Waals surface area (Å²) in [6, 6.07) is 5.20. The molecule has 0 heterocycles. The minimum absolute atomic E-state index is 0.173. The summed E-state index contributed by atoms with van der Waals surface area (Å²) >= 11 is 3.30. The van der Waals surface area contributed by atoms with Crippen molar-refractivity contribution in [1.29, 1.82) is 0 Å². The number of amides is 1. The highest BCUT2D eigenvalue weighted by Gasteiger charge is 2.08. The number of benzene rings is 1. The molecule has 4 nitrogen and oxygen atoms in total. The SMILES string of the molecule is CC(C)COCCNC(=O)c1ccc(Br)cc1N. The first-order chi connectivity index (χ1) is 8.50. The smallest absolute Gasteiger partial charge is 0.253 e. The summed E-state index contributed by atoms with van der Waals surface area (Å²) < 4.78 is 6.24. The Bertz CT molecular complexity index is 408. The van der Waals surface area contributed by atoms with Crippen molar-refractivity contribution in [3.8, 4) is 0 Å². The van der Waals surface area contributed by atoms with E-state index in [0.717, 1.165) is 4.47 Å². The lowest BCUT2D eigenvalue weighted by Gasteiger charge is -2.09. The molecule has 0 atom stereocenters. The van der Waals surface area contributed by atoms with E-state index in [1.165, 1.54) is 0 Å². The van der Waals surface area contributed by atoms with Crippen LogP contribution in [0.1, 0.15) is 24.2 Å². The summed E-state index contributed by atoms with van der Waals surface area (Å²) in [5.74, 6) is 0.330. The van der Waals surface area contributed by atoms with Gasteiger partial charge in [0.1, 0.15) is 0 Å². The predicted octanol–water partition coefficient (Wildman–Crippen LogP) is 2.43. The molecule has 0 aliphatic rings. The summed E-state index contributed by atoms with van der Waals surface area (Å²) in [5, 5.41) is 2.77. The first-order valence-corrected chi connectivity index (χ1v) is 6.71. The van der Waals surface area contributed by atoms with Crippen LogP contribution >= 0.6 is 15.9 Å². The molecular weight excluding hydrogens is 296 g/mol. The Morgan fingerprint density at radius 3 is 2.83 bits per heavy atom. The molecule has 3 N–H and O–H groups in total. The van der Waals surface area contributed by atoms with Crippen LogP contribution in [0.4, 0.5) is 5.69 Å². The van der Waals surface area contributed by atoms with Crippen LogP contribution in [-0.4, -0.2) is 25.7 Å². The minimum Gasteiger partial charge on any atom is -0.398 e. The van der Waals surface area contributed by atoms with Gasteiger partial charge in [0.15, 0.2) is 0 Å². The lowest BCUT2D eigenvalue weighted by atomic mass is 10.1. The van der Waals surface area contributed by atoms with Gasteiger partial charge < -0.3 is 15.8 Å². The Balaban J connectivity index is 2.36. The van der Waals surface area contributed by atoms with Gasteiger partial charge in [0.05, 0.1) is 12.2 Å². The number of ether oxygens (including phenoxy) is 1. The number of hydrogen-bond donors (Lipinski definition) is 2. The Hall–Kier alpha value is -1.07. The van der Waals surface area contributed by atoms with Crippen LogP contribution in [0.2, 0.25) is 0 Å². The third-order valence-electron chi connectivity index (χ3n) is 2.24. The van der Waals surface area contributed by atoms with Crippen molar-refractivity contribution in [2.45, 2.75) is 13.8 Å². The Morgan fingerprint density at radius 2 is 2.22 bits per heavy atom. The van der Waals surface area contributed by atoms with Crippen LogP contribution in [-0.2, 0) is 4.74 Å². The van der Waals surface area contributed by atoms with E-state index in [0.29, 0.717) is 36.9 Å². The number of halogens is 1. The number of nitrogens with one attached hydrogen (secondary N) is 1. The highest BCUT2D eigenvalue weighted by Crippen LogP contribution is 2.18. The lowest BCUT2D eigenvalue weighted by Crippen LogP contribution is -2.28. The molecule has 0 saturated heterocycles. The monoisotopic (exact) mass is 314 g/mol. The average Bonchev–Trinajstić information content (AvgIpc) is 2.27. The normalized spacial score (nSPS) is 10.7. The molecule has 5 heteroatoms. The summed E-state index contributed by atoms with van der Waals surface area (Å²) in [4.78, 5) is 11.8. The molecule has 0 unspecified atom stereocenters.